The van der Waals surface area contributed by atoms with Crippen LogP contribution in [-0.2, 0) is 0 Å². The Morgan fingerprint density at radius 2 is 2.00 bits per heavy atom. The molecule has 108 valence electrons. The molecule has 0 amide bonds. The van der Waals surface area contributed by atoms with Gasteiger partial charge >= 0.3 is 0 Å². The topological polar surface area (TPSA) is 35.2 Å². The summed E-state index contributed by atoms with van der Waals surface area (Å²) in [7, 11) is 0. The van der Waals surface area contributed by atoms with Gasteiger partial charge in [-0.25, -0.2) is 0 Å². The van der Waals surface area contributed by atoms with Gasteiger partial charge < -0.3 is 10.5 Å². The van der Waals surface area contributed by atoms with Crippen molar-refractivity contribution in [2.75, 3.05) is 18.9 Å². The lowest BCUT2D eigenvalue weighted by atomic mass is 10.2. The lowest BCUT2D eigenvalue weighted by Crippen LogP contribution is -2.00. The molecule has 0 unspecified atom stereocenters. The molecule has 2 rings (SSSR count). The molecule has 0 aliphatic carbocycles. The van der Waals surface area contributed by atoms with Crippen molar-refractivity contribution < 1.29 is 4.74 Å². The van der Waals surface area contributed by atoms with E-state index in [0.29, 0.717) is 13.2 Å². The van der Waals surface area contributed by atoms with Crippen molar-refractivity contribution in [3.05, 3.63) is 59.7 Å². The Bertz CT molecular complexity index is 643. The smallest absolute Gasteiger partial charge is 0.120 e. The monoisotopic (exact) mass is 297 g/mol. The highest BCUT2D eigenvalue weighted by molar-refractivity contribution is 7.99. The van der Waals surface area contributed by atoms with Crippen molar-refractivity contribution in [2.24, 2.45) is 5.73 Å². The minimum absolute atomic E-state index is 0.373. The maximum Gasteiger partial charge on any atom is 0.120 e. The number of hydrogen-bond donors (Lipinski definition) is 1. The standard InChI is InChI=1S/C18H19NOS/c1-15-6-2-3-10-18(15)21-13-12-20-17-9-4-7-16(14-17)8-5-11-19/h2-4,6-7,9-10,14H,11-13,19H2,1H3. The fourth-order valence-corrected chi connectivity index (χ4v) is 2.70. The largest absolute Gasteiger partial charge is 0.493 e. The first-order valence-electron chi connectivity index (χ1n) is 6.90. The van der Waals surface area contributed by atoms with E-state index in [1.54, 1.807) is 0 Å². The van der Waals surface area contributed by atoms with Crippen LogP contribution in [0.5, 0.6) is 5.75 Å². The highest BCUT2D eigenvalue weighted by atomic mass is 32.2. The van der Waals surface area contributed by atoms with E-state index in [4.69, 9.17) is 10.5 Å². The minimum atomic E-state index is 0.373. The number of rotatable bonds is 5. The van der Waals surface area contributed by atoms with Crippen LogP contribution in [0, 0.1) is 18.8 Å². The van der Waals surface area contributed by atoms with Gasteiger partial charge in [0.05, 0.1) is 13.2 Å². The molecule has 3 heteroatoms. The maximum absolute atomic E-state index is 5.77. The second-order valence-electron chi connectivity index (χ2n) is 4.50. The Morgan fingerprint density at radius 3 is 2.81 bits per heavy atom. The molecule has 0 atom stereocenters. The average Bonchev–Trinajstić information content (AvgIpc) is 2.51. The summed E-state index contributed by atoms with van der Waals surface area (Å²) in [6.07, 6.45) is 0. The Kier molecular flexibility index (Phi) is 6.21. The van der Waals surface area contributed by atoms with E-state index >= 15 is 0 Å². The van der Waals surface area contributed by atoms with Crippen molar-refractivity contribution >= 4 is 11.8 Å². The summed E-state index contributed by atoms with van der Waals surface area (Å²) in [6.45, 7) is 3.17. The molecule has 0 saturated heterocycles. The third kappa shape index (κ3) is 5.18. The lowest BCUT2D eigenvalue weighted by molar-refractivity contribution is 0.344. The summed E-state index contributed by atoms with van der Waals surface area (Å²) < 4.78 is 5.77. The Morgan fingerprint density at radius 1 is 1.14 bits per heavy atom. The number of aryl methyl sites for hydroxylation is 1. The van der Waals surface area contributed by atoms with Crippen molar-refractivity contribution in [1.29, 1.82) is 0 Å². The van der Waals surface area contributed by atoms with Gasteiger partial charge in [0.2, 0.25) is 0 Å². The van der Waals surface area contributed by atoms with E-state index in [9.17, 15) is 0 Å². The maximum atomic E-state index is 5.77. The van der Waals surface area contributed by atoms with Crippen LogP contribution in [0.2, 0.25) is 0 Å². The van der Waals surface area contributed by atoms with Gasteiger partial charge in [-0.1, -0.05) is 36.1 Å². The molecular formula is C18H19NOS. The van der Waals surface area contributed by atoms with E-state index in [0.717, 1.165) is 17.1 Å². The van der Waals surface area contributed by atoms with Crippen LogP contribution in [-0.4, -0.2) is 18.9 Å². The fourth-order valence-electron chi connectivity index (χ4n) is 1.85. The normalized spacial score (nSPS) is 9.81. The molecule has 2 aromatic rings. The summed E-state index contributed by atoms with van der Waals surface area (Å²) >= 11 is 1.81. The van der Waals surface area contributed by atoms with Gasteiger partial charge in [-0.2, -0.15) is 0 Å². The van der Waals surface area contributed by atoms with Crippen molar-refractivity contribution in [3.63, 3.8) is 0 Å². The molecule has 0 aliphatic rings. The van der Waals surface area contributed by atoms with E-state index < -0.39 is 0 Å². The van der Waals surface area contributed by atoms with Crippen molar-refractivity contribution in [3.8, 4) is 17.6 Å². The molecule has 0 fully saturated rings. The highest BCUT2D eigenvalue weighted by Gasteiger charge is 1.99. The van der Waals surface area contributed by atoms with Gasteiger partial charge in [0.25, 0.3) is 0 Å². The molecule has 0 spiro atoms. The van der Waals surface area contributed by atoms with Gasteiger partial charge in [0.15, 0.2) is 0 Å². The van der Waals surface area contributed by atoms with Crippen LogP contribution in [0.3, 0.4) is 0 Å². The first kappa shape index (κ1) is 15.5. The summed E-state index contributed by atoms with van der Waals surface area (Å²) in [5.74, 6) is 7.62. The van der Waals surface area contributed by atoms with E-state index in [2.05, 4.69) is 43.0 Å². The van der Waals surface area contributed by atoms with Gasteiger partial charge in [-0.05, 0) is 36.8 Å². The van der Waals surface area contributed by atoms with E-state index in [-0.39, 0.29) is 0 Å². The number of hydrogen-bond acceptors (Lipinski definition) is 3. The number of thioether (sulfide) groups is 1. The van der Waals surface area contributed by atoms with Gasteiger partial charge in [0, 0.05) is 16.2 Å². The molecule has 0 heterocycles. The van der Waals surface area contributed by atoms with Crippen molar-refractivity contribution in [2.45, 2.75) is 11.8 Å². The second kappa shape index (κ2) is 8.41. The fraction of sp³-hybridized carbons (Fsp3) is 0.222. The lowest BCUT2D eigenvalue weighted by Gasteiger charge is -2.07. The Hall–Kier alpha value is -1.89. The number of ether oxygens (including phenoxy) is 1. The van der Waals surface area contributed by atoms with Crippen LogP contribution >= 0.6 is 11.8 Å². The SMILES string of the molecule is Cc1ccccc1SCCOc1cccc(C#CCN)c1. The van der Waals surface area contributed by atoms with E-state index in [1.165, 1.54) is 10.5 Å². The quantitative estimate of drug-likeness (QED) is 0.521. The van der Waals surface area contributed by atoms with Crippen LogP contribution < -0.4 is 10.5 Å². The van der Waals surface area contributed by atoms with Crippen LogP contribution in [0.1, 0.15) is 11.1 Å². The Labute approximate surface area is 130 Å². The predicted molar refractivity (Wildman–Crippen MR) is 89.8 cm³/mol. The third-order valence-electron chi connectivity index (χ3n) is 2.87. The number of benzene rings is 2. The molecular weight excluding hydrogens is 278 g/mol. The molecule has 21 heavy (non-hydrogen) atoms. The summed E-state index contributed by atoms with van der Waals surface area (Å²) in [5.41, 5.74) is 7.61. The first-order chi connectivity index (χ1) is 10.3. The van der Waals surface area contributed by atoms with Crippen molar-refractivity contribution in [1.82, 2.24) is 0 Å². The molecule has 0 aromatic heterocycles. The summed E-state index contributed by atoms with van der Waals surface area (Å²) in [5, 5.41) is 0. The van der Waals surface area contributed by atoms with E-state index in [1.807, 2.05) is 36.0 Å². The van der Waals surface area contributed by atoms with Gasteiger partial charge in [-0.15, -0.1) is 11.8 Å². The highest BCUT2D eigenvalue weighted by Crippen LogP contribution is 2.22. The molecule has 2 N–H and O–H groups in total. The van der Waals surface area contributed by atoms with Crippen LogP contribution in [0.15, 0.2) is 53.4 Å². The predicted octanol–water partition coefficient (Wildman–Crippen LogP) is 3.48. The second-order valence-corrected chi connectivity index (χ2v) is 5.63. The zero-order valence-electron chi connectivity index (χ0n) is 12.1. The summed E-state index contributed by atoms with van der Waals surface area (Å²) in [6, 6.07) is 16.2. The molecule has 0 radical (unpaired) electrons. The van der Waals surface area contributed by atoms with Gasteiger partial charge in [0.1, 0.15) is 5.75 Å². The molecule has 0 bridgehead atoms. The minimum Gasteiger partial charge on any atom is -0.493 e. The van der Waals surface area contributed by atoms with Crippen LogP contribution in [0.4, 0.5) is 0 Å². The molecule has 0 aliphatic heterocycles. The zero-order valence-corrected chi connectivity index (χ0v) is 13.0. The third-order valence-corrected chi connectivity index (χ3v) is 4.01. The van der Waals surface area contributed by atoms with Crippen LogP contribution in [0.25, 0.3) is 0 Å². The zero-order chi connectivity index (χ0) is 14.9. The average molecular weight is 297 g/mol. The molecule has 2 nitrogen and oxygen atoms in total. The molecule has 0 saturated carbocycles. The molecule has 2 aromatic carbocycles. The number of nitrogens with two attached hydrogens (primary N) is 1. The summed E-state index contributed by atoms with van der Waals surface area (Å²) in [4.78, 5) is 1.31. The Balaban J connectivity index is 1.82. The van der Waals surface area contributed by atoms with Gasteiger partial charge in [-0.3, -0.25) is 0 Å². The first-order valence-corrected chi connectivity index (χ1v) is 7.88.